The Hall–Kier alpha value is -3.91. The highest BCUT2D eigenvalue weighted by Gasteiger charge is 2.35. The Kier molecular flexibility index (Phi) is 7.55. The van der Waals surface area contributed by atoms with Crippen LogP contribution in [0.4, 0.5) is 24.5 Å². The molecule has 1 N–H and O–H groups in total. The zero-order valence-corrected chi connectivity index (χ0v) is 22.5. The molecular weight excluding hydrogens is 569 g/mol. The van der Waals surface area contributed by atoms with Gasteiger partial charge in [0.25, 0.3) is 11.2 Å². The minimum Gasteiger partial charge on any atom is -0.495 e. The van der Waals surface area contributed by atoms with Gasteiger partial charge in [-0.3, -0.25) is 24.3 Å². The van der Waals surface area contributed by atoms with E-state index in [1.54, 1.807) is 24.3 Å². The number of nitro groups is 1. The number of nitrogens with zero attached hydrogens (tertiary/aromatic N) is 3. The number of rotatable bonds is 7. The topological polar surface area (TPSA) is 116 Å². The number of halogens is 3. The number of nitro benzene ring substituents is 1. The number of hydrogen-bond donors (Lipinski definition) is 1. The van der Waals surface area contributed by atoms with Crippen LogP contribution in [-0.2, 0) is 23.8 Å². The molecule has 14 heteroatoms. The fourth-order valence-corrected chi connectivity index (χ4v) is 6.72. The zero-order chi connectivity index (χ0) is 28.6. The number of aryl methyl sites for hydroxylation is 2. The van der Waals surface area contributed by atoms with Crippen LogP contribution in [-0.4, -0.2) is 33.2 Å². The SMILES string of the molecule is COc1ccccc1-n1c(SCC(=O)Nc2ccc([N+](=O)[O-])cc2C(F)(F)F)nc2sc3c(c2c1=O)CCCC3. The van der Waals surface area contributed by atoms with Gasteiger partial charge in [-0.25, -0.2) is 4.98 Å². The maximum atomic E-state index is 13.9. The second kappa shape index (κ2) is 10.9. The summed E-state index contributed by atoms with van der Waals surface area (Å²) < 4.78 is 47.5. The van der Waals surface area contributed by atoms with Gasteiger partial charge in [0.05, 0.1) is 40.1 Å². The molecule has 2 aromatic carbocycles. The summed E-state index contributed by atoms with van der Waals surface area (Å²) in [5, 5.41) is 13.8. The summed E-state index contributed by atoms with van der Waals surface area (Å²) in [5.74, 6) is -0.787. The van der Waals surface area contributed by atoms with Crippen molar-refractivity contribution in [3.63, 3.8) is 0 Å². The molecule has 208 valence electrons. The molecule has 0 aliphatic heterocycles. The molecule has 0 fully saturated rings. The Bertz CT molecular complexity index is 1700. The standard InChI is InChI=1S/C26H21F3N4O5S2/c1-38-19-8-4-3-7-18(19)32-24(35)22-15-6-2-5-9-20(15)40-23(22)31-25(32)39-13-21(34)30-17-11-10-14(33(36)37)12-16(17)26(27,28)29/h3-4,7-8,10-12H,2,5-6,9,13H2,1H3,(H,30,34). The van der Waals surface area contributed by atoms with Crippen molar-refractivity contribution < 1.29 is 27.6 Å². The van der Waals surface area contributed by atoms with Crippen molar-refractivity contribution in [3.05, 3.63) is 78.9 Å². The van der Waals surface area contributed by atoms with E-state index in [0.29, 0.717) is 27.7 Å². The maximum absolute atomic E-state index is 13.9. The number of ether oxygens (including phenoxy) is 1. The lowest BCUT2D eigenvalue weighted by Gasteiger charge is -2.16. The van der Waals surface area contributed by atoms with Gasteiger partial charge in [0, 0.05) is 17.0 Å². The summed E-state index contributed by atoms with van der Waals surface area (Å²) in [5.41, 5.74) is -1.62. The van der Waals surface area contributed by atoms with E-state index in [1.807, 2.05) is 0 Å². The normalized spacial score (nSPS) is 13.2. The average molecular weight is 591 g/mol. The summed E-state index contributed by atoms with van der Waals surface area (Å²) in [4.78, 5) is 43.1. The summed E-state index contributed by atoms with van der Waals surface area (Å²) in [6, 6.07) is 8.93. The molecule has 0 bridgehead atoms. The number of alkyl halides is 3. The summed E-state index contributed by atoms with van der Waals surface area (Å²) in [6.07, 6.45) is -1.33. The number of methoxy groups -OCH3 is 1. The third kappa shape index (κ3) is 5.28. The van der Waals surface area contributed by atoms with Crippen LogP contribution >= 0.6 is 23.1 Å². The van der Waals surface area contributed by atoms with Crippen molar-refractivity contribution in [1.82, 2.24) is 9.55 Å². The Labute approximate surface area is 233 Å². The van der Waals surface area contributed by atoms with Crippen LogP contribution in [0, 0.1) is 10.1 Å². The number of hydrogen-bond acceptors (Lipinski definition) is 8. The number of thioether (sulfide) groups is 1. The molecule has 40 heavy (non-hydrogen) atoms. The number of non-ortho nitro benzene ring substituents is 1. The molecule has 0 spiro atoms. The first kappa shape index (κ1) is 27.6. The van der Waals surface area contributed by atoms with Crippen LogP contribution in [0.15, 0.2) is 52.4 Å². The number of para-hydroxylation sites is 2. The number of amides is 1. The van der Waals surface area contributed by atoms with E-state index in [-0.39, 0.29) is 16.5 Å². The van der Waals surface area contributed by atoms with Crippen LogP contribution in [0.5, 0.6) is 5.75 Å². The summed E-state index contributed by atoms with van der Waals surface area (Å²) in [6.45, 7) is 0. The van der Waals surface area contributed by atoms with E-state index in [1.165, 1.54) is 23.0 Å². The van der Waals surface area contributed by atoms with E-state index in [0.717, 1.165) is 60.0 Å². The second-order valence-corrected chi connectivity index (χ2v) is 10.9. The molecule has 0 atom stereocenters. The second-order valence-electron chi connectivity index (χ2n) is 8.92. The summed E-state index contributed by atoms with van der Waals surface area (Å²) >= 11 is 2.32. The van der Waals surface area contributed by atoms with E-state index in [2.05, 4.69) is 5.32 Å². The number of nitrogens with one attached hydrogen (secondary N) is 1. The lowest BCUT2D eigenvalue weighted by Crippen LogP contribution is -2.24. The van der Waals surface area contributed by atoms with E-state index < -0.39 is 33.9 Å². The highest BCUT2D eigenvalue weighted by molar-refractivity contribution is 7.99. The molecule has 1 amide bonds. The molecule has 1 aliphatic carbocycles. The minimum atomic E-state index is -4.93. The van der Waals surface area contributed by atoms with Crippen molar-refractivity contribution in [2.45, 2.75) is 37.0 Å². The number of carbonyl (C=O) groups is 1. The zero-order valence-electron chi connectivity index (χ0n) is 20.9. The van der Waals surface area contributed by atoms with Gasteiger partial charge >= 0.3 is 6.18 Å². The Morgan fingerprint density at radius 2 is 1.98 bits per heavy atom. The average Bonchev–Trinajstić information content (AvgIpc) is 3.30. The van der Waals surface area contributed by atoms with Gasteiger partial charge in [0.2, 0.25) is 5.91 Å². The minimum absolute atomic E-state index is 0.176. The molecule has 1 aliphatic rings. The molecule has 4 aromatic rings. The van der Waals surface area contributed by atoms with Crippen LogP contribution in [0.2, 0.25) is 0 Å². The van der Waals surface area contributed by atoms with Crippen LogP contribution in [0.1, 0.15) is 28.8 Å². The third-order valence-electron chi connectivity index (χ3n) is 6.41. The fourth-order valence-electron chi connectivity index (χ4n) is 4.62. The fraction of sp³-hybridized carbons (Fsp3) is 0.269. The first-order chi connectivity index (χ1) is 19.1. The molecule has 0 unspecified atom stereocenters. The van der Waals surface area contributed by atoms with Crippen molar-refractivity contribution in [2.24, 2.45) is 0 Å². The predicted octanol–water partition coefficient (Wildman–Crippen LogP) is 5.99. The lowest BCUT2D eigenvalue weighted by molar-refractivity contribution is -0.385. The number of fused-ring (bicyclic) bond motifs is 3. The lowest BCUT2D eigenvalue weighted by atomic mass is 9.97. The van der Waals surface area contributed by atoms with Gasteiger partial charge in [-0.05, 0) is 49.4 Å². The molecule has 5 rings (SSSR count). The van der Waals surface area contributed by atoms with Gasteiger partial charge in [-0.1, -0.05) is 23.9 Å². The highest BCUT2D eigenvalue weighted by atomic mass is 32.2. The molecule has 0 radical (unpaired) electrons. The van der Waals surface area contributed by atoms with E-state index in [4.69, 9.17) is 9.72 Å². The van der Waals surface area contributed by atoms with Crippen molar-refractivity contribution >= 4 is 50.6 Å². The molecule has 2 heterocycles. The van der Waals surface area contributed by atoms with Gasteiger partial charge < -0.3 is 10.1 Å². The number of anilines is 1. The molecule has 0 saturated carbocycles. The number of thiophene rings is 1. The Morgan fingerprint density at radius 1 is 1.23 bits per heavy atom. The Morgan fingerprint density at radius 3 is 2.70 bits per heavy atom. The monoisotopic (exact) mass is 590 g/mol. The molecule has 2 aromatic heterocycles. The van der Waals surface area contributed by atoms with E-state index >= 15 is 0 Å². The molecule has 0 saturated heterocycles. The number of carbonyl (C=O) groups excluding carboxylic acids is 1. The first-order valence-electron chi connectivity index (χ1n) is 12.1. The van der Waals surface area contributed by atoms with Crippen LogP contribution < -0.4 is 15.6 Å². The Balaban J connectivity index is 1.51. The van der Waals surface area contributed by atoms with Crippen LogP contribution in [0.25, 0.3) is 15.9 Å². The highest BCUT2D eigenvalue weighted by Crippen LogP contribution is 2.38. The van der Waals surface area contributed by atoms with Gasteiger partial charge in [0.1, 0.15) is 10.6 Å². The summed E-state index contributed by atoms with van der Waals surface area (Å²) in [7, 11) is 1.46. The first-order valence-corrected chi connectivity index (χ1v) is 13.9. The van der Waals surface area contributed by atoms with Crippen LogP contribution in [0.3, 0.4) is 0 Å². The number of benzene rings is 2. The molecular formula is C26H21F3N4O5S2. The smallest absolute Gasteiger partial charge is 0.418 e. The maximum Gasteiger partial charge on any atom is 0.418 e. The third-order valence-corrected chi connectivity index (χ3v) is 8.53. The van der Waals surface area contributed by atoms with Crippen molar-refractivity contribution in [1.29, 1.82) is 0 Å². The van der Waals surface area contributed by atoms with E-state index in [9.17, 15) is 32.9 Å². The largest absolute Gasteiger partial charge is 0.495 e. The van der Waals surface area contributed by atoms with Crippen molar-refractivity contribution in [3.8, 4) is 11.4 Å². The van der Waals surface area contributed by atoms with Gasteiger partial charge in [-0.15, -0.1) is 11.3 Å². The molecule has 9 nitrogen and oxygen atoms in total. The van der Waals surface area contributed by atoms with Gasteiger partial charge in [0.15, 0.2) is 5.16 Å². The quantitative estimate of drug-likeness (QED) is 0.122. The predicted molar refractivity (Wildman–Crippen MR) is 146 cm³/mol. The number of aromatic nitrogens is 2. The van der Waals surface area contributed by atoms with Crippen molar-refractivity contribution in [2.75, 3.05) is 18.2 Å². The van der Waals surface area contributed by atoms with Gasteiger partial charge in [-0.2, -0.15) is 13.2 Å².